The SMILES string of the molecule is CCc1cc(Sc2nnnn2CC(=O)OC)nc(C)n1. The van der Waals surface area contributed by atoms with Crippen LogP contribution >= 0.6 is 11.8 Å². The van der Waals surface area contributed by atoms with Gasteiger partial charge in [-0.05, 0) is 41.6 Å². The number of esters is 1. The summed E-state index contributed by atoms with van der Waals surface area (Å²) in [7, 11) is 1.32. The van der Waals surface area contributed by atoms with Gasteiger partial charge in [-0.3, -0.25) is 4.79 Å². The minimum Gasteiger partial charge on any atom is -0.468 e. The van der Waals surface area contributed by atoms with Gasteiger partial charge in [-0.25, -0.2) is 14.6 Å². The summed E-state index contributed by atoms with van der Waals surface area (Å²) in [4.78, 5) is 19.9. The number of ether oxygens (including phenoxy) is 1. The van der Waals surface area contributed by atoms with Gasteiger partial charge in [0.15, 0.2) is 0 Å². The van der Waals surface area contributed by atoms with Crippen molar-refractivity contribution in [3.05, 3.63) is 17.6 Å². The number of carbonyl (C=O) groups is 1. The molecule has 0 unspecified atom stereocenters. The lowest BCUT2D eigenvalue weighted by molar-refractivity contribution is -0.141. The first kappa shape index (κ1) is 14.4. The van der Waals surface area contributed by atoms with Gasteiger partial charge < -0.3 is 4.74 Å². The predicted molar refractivity (Wildman–Crippen MR) is 70.1 cm³/mol. The van der Waals surface area contributed by atoms with Crippen LogP contribution in [-0.2, 0) is 22.5 Å². The monoisotopic (exact) mass is 294 g/mol. The van der Waals surface area contributed by atoms with Crippen molar-refractivity contribution in [3.63, 3.8) is 0 Å². The summed E-state index contributed by atoms with van der Waals surface area (Å²) >= 11 is 1.29. The summed E-state index contributed by atoms with van der Waals surface area (Å²) in [6.45, 7) is 3.83. The molecule has 9 heteroatoms. The first-order valence-corrected chi connectivity index (χ1v) is 6.79. The lowest BCUT2D eigenvalue weighted by Gasteiger charge is -2.04. The van der Waals surface area contributed by atoms with Gasteiger partial charge in [0, 0.05) is 5.69 Å². The third kappa shape index (κ3) is 3.50. The van der Waals surface area contributed by atoms with Gasteiger partial charge in [-0.2, -0.15) is 0 Å². The number of carbonyl (C=O) groups excluding carboxylic acids is 1. The van der Waals surface area contributed by atoms with Gasteiger partial charge in [-0.1, -0.05) is 6.92 Å². The van der Waals surface area contributed by atoms with Crippen LogP contribution < -0.4 is 0 Å². The van der Waals surface area contributed by atoms with E-state index in [1.165, 1.54) is 23.6 Å². The molecule has 0 aliphatic rings. The molecule has 0 aliphatic heterocycles. The number of aryl methyl sites for hydroxylation is 2. The molecule has 0 aromatic carbocycles. The molecule has 2 heterocycles. The number of nitrogens with zero attached hydrogens (tertiary/aromatic N) is 6. The highest BCUT2D eigenvalue weighted by atomic mass is 32.2. The van der Waals surface area contributed by atoms with Crippen molar-refractivity contribution in [1.82, 2.24) is 30.2 Å². The standard InChI is InChI=1S/C11H14N6O2S/c1-4-8-5-9(13-7(2)12-8)20-11-14-15-16-17(11)6-10(18)19-3/h5H,4,6H2,1-3H3. The van der Waals surface area contributed by atoms with Gasteiger partial charge in [0.1, 0.15) is 17.4 Å². The molecule has 8 nitrogen and oxygen atoms in total. The average Bonchev–Trinajstić information content (AvgIpc) is 2.85. The van der Waals surface area contributed by atoms with Crippen molar-refractivity contribution < 1.29 is 9.53 Å². The van der Waals surface area contributed by atoms with Crippen LogP contribution in [-0.4, -0.2) is 43.3 Å². The van der Waals surface area contributed by atoms with Gasteiger partial charge in [0.25, 0.3) is 0 Å². The molecule has 0 radical (unpaired) electrons. The fourth-order valence-electron chi connectivity index (χ4n) is 1.48. The van der Waals surface area contributed by atoms with Crippen LogP contribution in [0.3, 0.4) is 0 Å². The molecule has 0 N–H and O–H groups in total. The van der Waals surface area contributed by atoms with Crippen LogP contribution in [0, 0.1) is 6.92 Å². The molecule has 2 rings (SSSR count). The van der Waals surface area contributed by atoms with Crippen LogP contribution in [0.4, 0.5) is 0 Å². The second kappa shape index (κ2) is 6.42. The van der Waals surface area contributed by atoms with E-state index in [-0.39, 0.29) is 6.54 Å². The van der Waals surface area contributed by atoms with Crippen LogP contribution in [0.2, 0.25) is 0 Å². The van der Waals surface area contributed by atoms with Crippen molar-refractivity contribution in [2.45, 2.75) is 37.0 Å². The second-order valence-electron chi connectivity index (χ2n) is 3.90. The van der Waals surface area contributed by atoms with E-state index in [9.17, 15) is 4.79 Å². The lowest BCUT2D eigenvalue weighted by Crippen LogP contribution is -2.13. The summed E-state index contributed by atoms with van der Waals surface area (Å²) in [6.07, 6.45) is 0.823. The first-order valence-electron chi connectivity index (χ1n) is 5.97. The molecule has 20 heavy (non-hydrogen) atoms. The van der Waals surface area contributed by atoms with Crippen molar-refractivity contribution in [3.8, 4) is 0 Å². The minimum atomic E-state index is -0.410. The van der Waals surface area contributed by atoms with Gasteiger partial charge >= 0.3 is 5.97 Å². The lowest BCUT2D eigenvalue weighted by atomic mass is 10.3. The summed E-state index contributed by atoms with van der Waals surface area (Å²) in [6, 6.07) is 1.88. The summed E-state index contributed by atoms with van der Waals surface area (Å²) in [5, 5.41) is 12.4. The minimum absolute atomic E-state index is 0.0312. The predicted octanol–water partition coefficient (Wildman–Crippen LogP) is 0.658. The Bertz CT molecular complexity index is 615. The zero-order valence-corrected chi connectivity index (χ0v) is 12.2. The molecule has 2 aromatic heterocycles. The Morgan fingerprint density at radius 3 is 2.95 bits per heavy atom. The summed E-state index contributed by atoms with van der Waals surface area (Å²) < 4.78 is 5.97. The Balaban J connectivity index is 2.20. The molecule has 0 aliphatic carbocycles. The fraction of sp³-hybridized carbons (Fsp3) is 0.455. The van der Waals surface area contributed by atoms with Gasteiger partial charge in [0.05, 0.1) is 7.11 Å². The highest BCUT2D eigenvalue weighted by Gasteiger charge is 2.13. The molecule has 0 bridgehead atoms. The number of tetrazole rings is 1. The van der Waals surface area contributed by atoms with E-state index in [0.717, 1.165) is 17.1 Å². The second-order valence-corrected chi connectivity index (χ2v) is 4.88. The largest absolute Gasteiger partial charge is 0.468 e. The molecule has 0 saturated carbocycles. The summed E-state index contributed by atoms with van der Waals surface area (Å²) in [5.74, 6) is 0.283. The van der Waals surface area contributed by atoms with E-state index in [0.29, 0.717) is 11.0 Å². The van der Waals surface area contributed by atoms with Crippen LogP contribution in [0.25, 0.3) is 0 Å². The molecule has 0 spiro atoms. The third-order valence-corrected chi connectivity index (χ3v) is 3.32. The van der Waals surface area contributed by atoms with E-state index < -0.39 is 5.97 Å². The number of hydrogen-bond donors (Lipinski definition) is 0. The Morgan fingerprint density at radius 2 is 2.25 bits per heavy atom. The first-order chi connectivity index (χ1) is 9.62. The maximum atomic E-state index is 11.3. The molecule has 0 amide bonds. The fourth-order valence-corrected chi connectivity index (χ4v) is 2.33. The van der Waals surface area contributed by atoms with Crippen molar-refractivity contribution in [2.24, 2.45) is 0 Å². The van der Waals surface area contributed by atoms with Gasteiger partial charge in [-0.15, -0.1) is 5.10 Å². The molecule has 0 saturated heterocycles. The zero-order valence-electron chi connectivity index (χ0n) is 11.4. The normalized spacial score (nSPS) is 10.6. The maximum absolute atomic E-state index is 11.3. The van der Waals surface area contributed by atoms with Crippen LogP contribution in [0.1, 0.15) is 18.4 Å². The Hall–Kier alpha value is -2.03. The molecule has 2 aromatic rings. The number of rotatable bonds is 5. The van der Waals surface area contributed by atoms with E-state index in [1.54, 1.807) is 0 Å². The summed E-state index contributed by atoms with van der Waals surface area (Å²) in [5.41, 5.74) is 0.951. The average molecular weight is 294 g/mol. The zero-order chi connectivity index (χ0) is 14.5. The number of hydrogen-bond acceptors (Lipinski definition) is 8. The molecule has 0 atom stereocenters. The quantitative estimate of drug-likeness (QED) is 0.586. The number of aromatic nitrogens is 6. The Labute approximate surface area is 119 Å². The molecular formula is C11H14N6O2S. The van der Waals surface area contributed by atoms with E-state index in [1.807, 2.05) is 19.9 Å². The van der Waals surface area contributed by atoms with E-state index in [4.69, 9.17) is 0 Å². The Morgan fingerprint density at radius 1 is 1.45 bits per heavy atom. The number of methoxy groups -OCH3 is 1. The van der Waals surface area contributed by atoms with Crippen molar-refractivity contribution >= 4 is 17.7 Å². The smallest absolute Gasteiger partial charge is 0.327 e. The van der Waals surface area contributed by atoms with Crippen LogP contribution in [0.15, 0.2) is 16.2 Å². The molecule has 106 valence electrons. The maximum Gasteiger partial charge on any atom is 0.327 e. The molecule has 0 fully saturated rings. The van der Waals surface area contributed by atoms with E-state index >= 15 is 0 Å². The van der Waals surface area contributed by atoms with E-state index in [2.05, 4.69) is 30.2 Å². The highest BCUT2D eigenvalue weighted by molar-refractivity contribution is 7.99. The van der Waals surface area contributed by atoms with Crippen LogP contribution in [0.5, 0.6) is 0 Å². The topological polar surface area (TPSA) is 95.7 Å². The van der Waals surface area contributed by atoms with Crippen molar-refractivity contribution in [2.75, 3.05) is 7.11 Å². The Kier molecular flexibility index (Phi) is 4.61. The highest BCUT2D eigenvalue weighted by Crippen LogP contribution is 2.24. The van der Waals surface area contributed by atoms with Gasteiger partial charge in [0.2, 0.25) is 5.16 Å². The molecular weight excluding hydrogens is 280 g/mol. The van der Waals surface area contributed by atoms with Crippen molar-refractivity contribution in [1.29, 1.82) is 0 Å². The third-order valence-electron chi connectivity index (χ3n) is 2.43.